The van der Waals surface area contributed by atoms with Crippen molar-refractivity contribution in [2.45, 2.75) is 0 Å². The highest BCUT2D eigenvalue weighted by Gasteiger charge is 2.17. The van der Waals surface area contributed by atoms with Gasteiger partial charge in [-0.15, -0.1) is 0 Å². The summed E-state index contributed by atoms with van der Waals surface area (Å²) in [6, 6.07) is 67.5. The summed E-state index contributed by atoms with van der Waals surface area (Å²) in [7, 11) is 0. The van der Waals surface area contributed by atoms with Gasteiger partial charge in [-0.25, -0.2) is 9.97 Å². The Kier molecular flexibility index (Phi) is 7.78. The monoisotopic (exact) mass is 767 g/mol. The van der Waals surface area contributed by atoms with Gasteiger partial charge >= 0.3 is 0 Å². The molecule has 0 spiro atoms. The molecular weight excluding hydrogens is 735 g/mol. The molecule has 0 aliphatic carbocycles. The lowest BCUT2D eigenvalue weighted by atomic mass is 9.93. The van der Waals surface area contributed by atoms with E-state index in [0.717, 1.165) is 116 Å². The predicted octanol–water partition coefficient (Wildman–Crippen LogP) is 14.8. The standard InChI is InChI=1S/C55H33N3O2/c1-2-10-36(11-3-1)55-57-49(35-20-18-34(19-21-35)42-26-27-56-48-15-7-4-12-43(42)48)33-50(58-55)41-29-39(37-22-24-53-46(31-37)44-13-5-8-16-51(44)59-53)28-40(30-41)38-23-25-54-47(32-38)45-14-6-9-17-52(45)60-54/h1-33H. The van der Waals surface area contributed by atoms with Crippen LogP contribution in [0.25, 0.3) is 122 Å². The zero-order chi connectivity index (χ0) is 39.6. The fourth-order valence-electron chi connectivity index (χ4n) is 8.55. The van der Waals surface area contributed by atoms with Gasteiger partial charge in [0.25, 0.3) is 0 Å². The summed E-state index contributed by atoms with van der Waals surface area (Å²) < 4.78 is 12.5. The number of furan rings is 2. The van der Waals surface area contributed by atoms with E-state index in [1.54, 1.807) is 0 Å². The number of nitrogens with zero attached hydrogens (tertiary/aromatic N) is 3. The molecule has 0 fully saturated rings. The number of fused-ring (bicyclic) bond motifs is 7. The Morgan fingerprint density at radius 1 is 0.300 bits per heavy atom. The number of hydrogen-bond acceptors (Lipinski definition) is 5. The molecule has 0 aliphatic rings. The molecule has 60 heavy (non-hydrogen) atoms. The lowest BCUT2D eigenvalue weighted by Crippen LogP contribution is -1.96. The van der Waals surface area contributed by atoms with Gasteiger partial charge in [0.1, 0.15) is 22.3 Å². The zero-order valence-corrected chi connectivity index (χ0v) is 32.2. The lowest BCUT2D eigenvalue weighted by Gasteiger charge is -2.14. The van der Waals surface area contributed by atoms with Crippen LogP contribution in [0.15, 0.2) is 209 Å². The second-order valence-corrected chi connectivity index (χ2v) is 15.2. The molecule has 5 nitrogen and oxygen atoms in total. The molecule has 8 aromatic carbocycles. The Morgan fingerprint density at radius 3 is 1.45 bits per heavy atom. The van der Waals surface area contributed by atoms with Crippen LogP contribution >= 0.6 is 0 Å². The van der Waals surface area contributed by atoms with Crippen LogP contribution in [0.2, 0.25) is 0 Å². The van der Waals surface area contributed by atoms with Crippen LogP contribution in [-0.2, 0) is 0 Å². The third kappa shape index (κ3) is 5.83. The van der Waals surface area contributed by atoms with Gasteiger partial charge in [-0.1, -0.05) is 121 Å². The quantitative estimate of drug-likeness (QED) is 0.169. The molecule has 280 valence electrons. The maximum absolute atomic E-state index is 6.23. The molecule has 0 aliphatic heterocycles. The SMILES string of the molecule is c1ccc(-c2nc(-c3ccc(-c4ccnc5ccccc45)cc3)cc(-c3cc(-c4ccc5oc6ccccc6c5c4)cc(-c4ccc5oc6ccccc6c5c4)c3)n2)cc1. The smallest absolute Gasteiger partial charge is 0.160 e. The number of pyridine rings is 1. The summed E-state index contributed by atoms with van der Waals surface area (Å²) in [5.74, 6) is 0.664. The van der Waals surface area contributed by atoms with E-state index < -0.39 is 0 Å². The zero-order valence-electron chi connectivity index (χ0n) is 32.2. The predicted molar refractivity (Wildman–Crippen MR) is 245 cm³/mol. The van der Waals surface area contributed by atoms with Crippen molar-refractivity contribution in [3.63, 3.8) is 0 Å². The van der Waals surface area contributed by atoms with Crippen molar-refractivity contribution in [1.82, 2.24) is 15.0 Å². The van der Waals surface area contributed by atoms with Crippen LogP contribution in [0.5, 0.6) is 0 Å². The average molecular weight is 768 g/mol. The largest absolute Gasteiger partial charge is 0.456 e. The number of benzene rings is 8. The van der Waals surface area contributed by atoms with E-state index in [2.05, 4.69) is 151 Å². The summed E-state index contributed by atoms with van der Waals surface area (Å²) in [6.45, 7) is 0. The van der Waals surface area contributed by atoms with E-state index in [1.165, 1.54) is 0 Å². The van der Waals surface area contributed by atoms with Gasteiger partial charge in [0.15, 0.2) is 5.82 Å². The third-order valence-electron chi connectivity index (χ3n) is 11.5. The Morgan fingerprint density at radius 2 is 0.800 bits per heavy atom. The molecule has 0 bridgehead atoms. The highest BCUT2D eigenvalue weighted by Crippen LogP contribution is 2.39. The van der Waals surface area contributed by atoms with E-state index >= 15 is 0 Å². The molecule has 12 rings (SSSR count). The molecule has 0 saturated carbocycles. The number of para-hydroxylation sites is 3. The lowest BCUT2D eigenvalue weighted by molar-refractivity contribution is 0.668. The van der Waals surface area contributed by atoms with E-state index in [-0.39, 0.29) is 0 Å². The molecular formula is C55H33N3O2. The fourth-order valence-corrected chi connectivity index (χ4v) is 8.55. The number of rotatable bonds is 6. The summed E-state index contributed by atoms with van der Waals surface area (Å²) >= 11 is 0. The molecule has 0 unspecified atom stereocenters. The minimum absolute atomic E-state index is 0.664. The Labute approximate surface area is 344 Å². The first-order chi connectivity index (χ1) is 29.7. The third-order valence-corrected chi connectivity index (χ3v) is 11.5. The summed E-state index contributed by atoms with van der Waals surface area (Å²) in [6.07, 6.45) is 1.88. The molecule has 4 aromatic heterocycles. The van der Waals surface area contributed by atoms with Crippen LogP contribution in [0, 0.1) is 0 Å². The first-order valence-electron chi connectivity index (χ1n) is 20.1. The number of hydrogen-bond donors (Lipinski definition) is 0. The molecule has 0 amide bonds. The van der Waals surface area contributed by atoms with Crippen LogP contribution in [-0.4, -0.2) is 15.0 Å². The maximum Gasteiger partial charge on any atom is 0.160 e. The van der Waals surface area contributed by atoms with Crippen molar-refractivity contribution >= 4 is 54.8 Å². The first kappa shape index (κ1) is 33.9. The molecule has 0 radical (unpaired) electrons. The molecule has 0 saturated heterocycles. The highest BCUT2D eigenvalue weighted by molar-refractivity contribution is 6.08. The van der Waals surface area contributed by atoms with Crippen molar-refractivity contribution in [2.75, 3.05) is 0 Å². The van der Waals surface area contributed by atoms with Gasteiger partial charge in [0.05, 0.1) is 16.9 Å². The number of aromatic nitrogens is 3. The van der Waals surface area contributed by atoms with E-state index in [9.17, 15) is 0 Å². The van der Waals surface area contributed by atoms with Crippen molar-refractivity contribution < 1.29 is 8.83 Å². The van der Waals surface area contributed by atoms with E-state index in [4.69, 9.17) is 18.8 Å². The second-order valence-electron chi connectivity index (χ2n) is 15.2. The van der Waals surface area contributed by atoms with Crippen LogP contribution < -0.4 is 0 Å². The van der Waals surface area contributed by atoms with Gasteiger partial charge < -0.3 is 8.83 Å². The van der Waals surface area contributed by atoms with Crippen LogP contribution in [0.3, 0.4) is 0 Å². The van der Waals surface area contributed by atoms with Crippen molar-refractivity contribution in [3.8, 4) is 67.3 Å². The van der Waals surface area contributed by atoms with E-state index in [0.29, 0.717) is 5.82 Å². The summed E-state index contributed by atoms with van der Waals surface area (Å²) in [5, 5.41) is 5.48. The van der Waals surface area contributed by atoms with Gasteiger partial charge in [0, 0.05) is 49.8 Å². The summed E-state index contributed by atoms with van der Waals surface area (Å²) in [4.78, 5) is 15.1. The minimum Gasteiger partial charge on any atom is -0.456 e. The van der Waals surface area contributed by atoms with Gasteiger partial charge in [0.2, 0.25) is 0 Å². The maximum atomic E-state index is 6.23. The topological polar surface area (TPSA) is 65.0 Å². The molecule has 12 aromatic rings. The molecule has 4 heterocycles. The van der Waals surface area contributed by atoms with Gasteiger partial charge in [-0.3, -0.25) is 4.98 Å². The van der Waals surface area contributed by atoms with Crippen molar-refractivity contribution in [2.24, 2.45) is 0 Å². The minimum atomic E-state index is 0.664. The van der Waals surface area contributed by atoms with Gasteiger partial charge in [-0.2, -0.15) is 0 Å². The van der Waals surface area contributed by atoms with Gasteiger partial charge in [-0.05, 0) is 106 Å². The van der Waals surface area contributed by atoms with Crippen molar-refractivity contribution in [1.29, 1.82) is 0 Å². The average Bonchev–Trinajstić information content (AvgIpc) is 3.89. The van der Waals surface area contributed by atoms with Crippen LogP contribution in [0.4, 0.5) is 0 Å². The van der Waals surface area contributed by atoms with Crippen molar-refractivity contribution in [3.05, 3.63) is 200 Å². The van der Waals surface area contributed by atoms with Crippen LogP contribution in [0.1, 0.15) is 0 Å². The molecule has 0 N–H and O–H groups in total. The first-order valence-corrected chi connectivity index (χ1v) is 20.1. The fraction of sp³-hybridized carbons (Fsp3) is 0. The Hall–Kier alpha value is -8.15. The summed E-state index contributed by atoms with van der Waals surface area (Å²) in [5.41, 5.74) is 15.7. The molecule has 5 heteroatoms. The molecule has 0 atom stereocenters. The van der Waals surface area contributed by atoms with E-state index in [1.807, 2.05) is 54.7 Å². The Bertz CT molecular complexity index is 3470. The normalized spacial score (nSPS) is 11.7. The Balaban J connectivity index is 1.04. The second kappa shape index (κ2) is 13.8. The highest BCUT2D eigenvalue weighted by atomic mass is 16.3.